The van der Waals surface area contributed by atoms with E-state index < -0.39 is 0 Å². The maximum Gasteiger partial charge on any atom is 0.0954 e. The van der Waals surface area contributed by atoms with Gasteiger partial charge in [0, 0.05) is 15.3 Å². The molecule has 2 nitrogen and oxygen atoms in total. The van der Waals surface area contributed by atoms with Gasteiger partial charge in [0.05, 0.1) is 18.6 Å². The van der Waals surface area contributed by atoms with Gasteiger partial charge in [-0.1, -0.05) is 0 Å². The molecular formula is C12H15NOS. The number of aryl methyl sites for hydroxylation is 2. The van der Waals surface area contributed by atoms with Crippen LogP contribution in [0.4, 0.5) is 0 Å². The summed E-state index contributed by atoms with van der Waals surface area (Å²) in [5, 5.41) is 3.33. The van der Waals surface area contributed by atoms with E-state index in [1.807, 2.05) is 24.5 Å². The van der Waals surface area contributed by atoms with Crippen LogP contribution in [-0.4, -0.2) is 7.05 Å². The van der Waals surface area contributed by atoms with Crippen molar-refractivity contribution in [1.82, 2.24) is 5.32 Å². The average molecular weight is 221 g/mol. The van der Waals surface area contributed by atoms with E-state index in [2.05, 4.69) is 25.2 Å². The number of hydrogen-bond donors (Lipinski definition) is 1. The smallest absolute Gasteiger partial charge is 0.0954 e. The largest absolute Gasteiger partial charge is 0.472 e. The molecule has 2 rings (SSSR count). The molecule has 0 spiro atoms. The Bertz CT molecular complexity index is 430. The maximum absolute atomic E-state index is 5.13. The second-order valence-corrected chi connectivity index (χ2v) is 4.97. The van der Waals surface area contributed by atoms with Crippen molar-refractivity contribution in [2.45, 2.75) is 19.9 Å². The van der Waals surface area contributed by atoms with E-state index >= 15 is 0 Å². The van der Waals surface area contributed by atoms with Gasteiger partial charge in [0.25, 0.3) is 0 Å². The van der Waals surface area contributed by atoms with Crippen LogP contribution in [0.15, 0.2) is 29.1 Å². The summed E-state index contributed by atoms with van der Waals surface area (Å²) in [7, 11) is 1.98. The average Bonchev–Trinajstić information content (AvgIpc) is 2.79. The zero-order valence-corrected chi connectivity index (χ0v) is 10.0. The molecule has 0 aromatic carbocycles. The molecule has 1 unspecified atom stereocenters. The molecule has 0 amide bonds. The fourth-order valence-electron chi connectivity index (χ4n) is 1.83. The van der Waals surface area contributed by atoms with Gasteiger partial charge in [-0.3, -0.25) is 0 Å². The van der Waals surface area contributed by atoms with Gasteiger partial charge in [0.2, 0.25) is 0 Å². The van der Waals surface area contributed by atoms with Crippen LogP contribution in [0.2, 0.25) is 0 Å². The first-order valence-electron chi connectivity index (χ1n) is 4.98. The lowest BCUT2D eigenvalue weighted by Gasteiger charge is -2.13. The van der Waals surface area contributed by atoms with E-state index in [-0.39, 0.29) is 6.04 Å². The van der Waals surface area contributed by atoms with Crippen LogP contribution in [0, 0.1) is 13.8 Å². The Labute approximate surface area is 93.9 Å². The molecule has 80 valence electrons. The number of thiophene rings is 1. The fraction of sp³-hybridized carbons (Fsp3) is 0.333. The van der Waals surface area contributed by atoms with Gasteiger partial charge in [-0.2, -0.15) is 0 Å². The summed E-state index contributed by atoms with van der Waals surface area (Å²) in [6.07, 6.45) is 3.52. The predicted octanol–water partition coefficient (Wildman–Crippen LogP) is 3.27. The highest BCUT2D eigenvalue weighted by Gasteiger charge is 2.17. The Balaban J connectivity index is 2.39. The van der Waals surface area contributed by atoms with E-state index in [4.69, 9.17) is 4.42 Å². The van der Waals surface area contributed by atoms with Crippen LogP contribution in [0.1, 0.15) is 26.9 Å². The Morgan fingerprint density at radius 2 is 2.20 bits per heavy atom. The Morgan fingerprint density at radius 3 is 2.67 bits per heavy atom. The first-order chi connectivity index (χ1) is 7.22. The Hall–Kier alpha value is -1.06. The van der Waals surface area contributed by atoms with Gasteiger partial charge in [-0.05, 0) is 38.6 Å². The van der Waals surface area contributed by atoms with Gasteiger partial charge in [-0.15, -0.1) is 11.3 Å². The number of rotatable bonds is 3. The third-order valence-electron chi connectivity index (χ3n) is 2.51. The highest BCUT2D eigenvalue weighted by Crippen LogP contribution is 2.31. The molecule has 2 heterocycles. The van der Waals surface area contributed by atoms with Gasteiger partial charge < -0.3 is 9.73 Å². The molecule has 0 saturated heterocycles. The van der Waals surface area contributed by atoms with Crippen LogP contribution in [0.5, 0.6) is 0 Å². The lowest BCUT2D eigenvalue weighted by atomic mass is 10.1. The summed E-state index contributed by atoms with van der Waals surface area (Å²) in [6.45, 7) is 4.30. The molecule has 15 heavy (non-hydrogen) atoms. The molecular weight excluding hydrogens is 206 g/mol. The van der Waals surface area contributed by atoms with Crippen molar-refractivity contribution in [3.63, 3.8) is 0 Å². The summed E-state index contributed by atoms with van der Waals surface area (Å²) in [4.78, 5) is 2.72. The minimum Gasteiger partial charge on any atom is -0.472 e. The maximum atomic E-state index is 5.13. The summed E-state index contributed by atoms with van der Waals surface area (Å²) < 4.78 is 5.13. The number of furan rings is 1. The van der Waals surface area contributed by atoms with Gasteiger partial charge in [-0.25, -0.2) is 0 Å². The van der Waals surface area contributed by atoms with Crippen molar-refractivity contribution < 1.29 is 4.42 Å². The molecule has 1 atom stereocenters. The van der Waals surface area contributed by atoms with Crippen molar-refractivity contribution in [1.29, 1.82) is 0 Å². The molecule has 3 heteroatoms. The van der Waals surface area contributed by atoms with E-state index in [9.17, 15) is 0 Å². The van der Waals surface area contributed by atoms with E-state index in [1.54, 1.807) is 12.5 Å². The van der Waals surface area contributed by atoms with Crippen molar-refractivity contribution in [2.24, 2.45) is 0 Å². The van der Waals surface area contributed by atoms with Crippen LogP contribution in [0.25, 0.3) is 0 Å². The number of hydrogen-bond acceptors (Lipinski definition) is 3. The van der Waals surface area contributed by atoms with Crippen LogP contribution < -0.4 is 5.32 Å². The van der Waals surface area contributed by atoms with Crippen LogP contribution in [-0.2, 0) is 0 Å². The summed E-state index contributed by atoms with van der Waals surface area (Å²) in [5.74, 6) is 0. The van der Waals surface area contributed by atoms with Crippen molar-refractivity contribution >= 4 is 11.3 Å². The summed E-state index contributed by atoms with van der Waals surface area (Å²) in [5.41, 5.74) is 2.53. The third kappa shape index (κ3) is 1.98. The molecule has 1 N–H and O–H groups in total. The topological polar surface area (TPSA) is 25.2 Å². The highest BCUT2D eigenvalue weighted by molar-refractivity contribution is 7.12. The molecule has 0 aliphatic rings. The minimum absolute atomic E-state index is 0.252. The molecule has 2 aromatic heterocycles. The lowest BCUT2D eigenvalue weighted by Crippen LogP contribution is -2.16. The normalized spacial score (nSPS) is 13.0. The van der Waals surface area contributed by atoms with Gasteiger partial charge in [0.1, 0.15) is 0 Å². The Morgan fingerprint density at radius 1 is 1.40 bits per heavy atom. The van der Waals surface area contributed by atoms with Crippen molar-refractivity contribution in [3.05, 3.63) is 45.5 Å². The monoisotopic (exact) mass is 221 g/mol. The highest BCUT2D eigenvalue weighted by atomic mass is 32.1. The van der Waals surface area contributed by atoms with Gasteiger partial charge >= 0.3 is 0 Å². The minimum atomic E-state index is 0.252. The fourth-order valence-corrected chi connectivity index (χ4v) is 3.01. The zero-order valence-electron chi connectivity index (χ0n) is 9.20. The third-order valence-corrected chi connectivity index (χ3v) is 3.72. The SMILES string of the molecule is CNC(c1ccoc1)c1sc(C)cc1C. The summed E-state index contributed by atoms with van der Waals surface area (Å²) >= 11 is 1.84. The second kappa shape index (κ2) is 4.21. The lowest BCUT2D eigenvalue weighted by molar-refractivity contribution is 0.558. The second-order valence-electron chi connectivity index (χ2n) is 3.68. The van der Waals surface area contributed by atoms with Crippen LogP contribution >= 0.6 is 11.3 Å². The van der Waals surface area contributed by atoms with Crippen molar-refractivity contribution in [3.8, 4) is 0 Å². The molecule has 0 radical (unpaired) electrons. The number of nitrogens with one attached hydrogen (secondary N) is 1. The van der Waals surface area contributed by atoms with Gasteiger partial charge in [0.15, 0.2) is 0 Å². The molecule has 0 bridgehead atoms. The van der Waals surface area contributed by atoms with E-state index in [1.165, 1.54) is 20.9 Å². The predicted molar refractivity (Wildman–Crippen MR) is 63.4 cm³/mol. The van der Waals surface area contributed by atoms with Crippen molar-refractivity contribution in [2.75, 3.05) is 7.05 Å². The zero-order chi connectivity index (χ0) is 10.8. The molecule has 2 aromatic rings. The molecule has 0 aliphatic heterocycles. The summed E-state index contributed by atoms with van der Waals surface area (Å²) in [6, 6.07) is 4.49. The standard InChI is InChI=1S/C12H15NOS/c1-8-6-9(2)15-12(8)11(13-3)10-4-5-14-7-10/h4-7,11,13H,1-3H3. The first kappa shape index (κ1) is 10.5. The Kier molecular flexibility index (Phi) is 2.93. The van der Waals surface area contributed by atoms with Crippen LogP contribution in [0.3, 0.4) is 0 Å². The molecule has 0 fully saturated rings. The molecule has 0 aliphatic carbocycles. The quantitative estimate of drug-likeness (QED) is 0.860. The first-order valence-corrected chi connectivity index (χ1v) is 5.80. The van der Waals surface area contributed by atoms with E-state index in [0.29, 0.717) is 0 Å². The molecule has 0 saturated carbocycles. The van der Waals surface area contributed by atoms with E-state index in [0.717, 1.165) is 0 Å².